The van der Waals surface area contributed by atoms with Gasteiger partial charge < -0.3 is 4.90 Å². The third kappa shape index (κ3) is 4.80. The number of rotatable bonds is 7. The van der Waals surface area contributed by atoms with Crippen LogP contribution in [0.5, 0.6) is 0 Å². The van der Waals surface area contributed by atoms with Gasteiger partial charge in [0, 0.05) is 21.3 Å². The maximum absolute atomic E-state index is 2.56. The SMILES string of the molecule is c1ccc(C2(c3ccccc3)c3ccccc3-c3cc(N(c4cccc5c4C(c4ccccc4)(c4ccccc4)c4ccccc4-5)c4cccc5sccc45)ccc32)cc1. The van der Waals surface area contributed by atoms with E-state index in [9.17, 15) is 0 Å². The van der Waals surface area contributed by atoms with Crippen molar-refractivity contribution < 1.29 is 0 Å². The van der Waals surface area contributed by atoms with E-state index < -0.39 is 10.8 Å². The van der Waals surface area contributed by atoms with Gasteiger partial charge in [-0.2, -0.15) is 0 Å². The number of hydrogen-bond donors (Lipinski definition) is 0. The van der Waals surface area contributed by atoms with Gasteiger partial charge in [-0.3, -0.25) is 0 Å². The first-order valence-corrected chi connectivity index (χ1v) is 21.6. The Kier molecular flexibility index (Phi) is 7.91. The molecule has 1 nitrogen and oxygen atoms in total. The van der Waals surface area contributed by atoms with E-state index in [-0.39, 0.29) is 0 Å². The third-order valence-corrected chi connectivity index (χ3v) is 14.0. The summed E-state index contributed by atoms with van der Waals surface area (Å²) in [6.07, 6.45) is 0. The van der Waals surface area contributed by atoms with Gasteiger partial charge in [-0.15, -0.1) is 11.3 Å². The molecule has 12 rings (SSSR count). The van der Waals surface area contributed by atoms with Crippen LogP contribution in [0, 0.1) is 0 Å². The first kappa shape index (κ1) is 34.8. The fourth-order valence-electron chi connectivity index (χ4n) is 10.8. The molecule has 60 heavy (non-hydrogen) atoms. The van der Waals surface area contributed by atoms with E-state index in [1.807, 2.05) is 0 Å². The fraction of sp³-hybridized carbons (Fsp3) is 0.0345. The standard InChI is InChI=1S/C58H39NS/c1-5-19-40(20-6-1)57(41-21-7-2-8-22-41)50-30-15-14-28-46(50)49-39-44(35-36-52(49)57)59(53-32-18-34-55-48(53)37-38-60-55)54-33-17-29-47-45-27-13-16-31-51(45)58(56(47)54,42-23-9-3-10-24-42)43-25-11-4-12-26-43/h1-39H. The Balaban J connectivity index is 1.19. The van der Waals surface area contributed by atoms with Gasteiger partial charge in [0.25, 0.3) is 0 Å². The van der Waals surface area contributed by atoms with Crippen LogP contribution in [0.25, 0.3) is 32.3 Å². The highest BCUT2D eigenvalue weighted by Crippen LogP contribution is 2.62. The molecular formula is C58H39NS. The monoisotopic (exact) mass is 781 g/mol. The molecule has 0 unspecified atom stereocenters. The van der Waals surface area contributed by atoms with E-state index in [0.29, 0.717) is 0 Å². The van der Waals surface area contributed by atoms with Gasteiger partial charge in [0.15, 0.2) is 0 Å². The molecule has 0 aliphatic heterocycles. The molecule has 282 valence electrons. The summed E-state index contributed by atoms with van der Waals surface area (Å²) in [5.41, 5.74) is 17.7. The Morgan fingerprint density at radius 2 is 0.800 bits per heavy atom. The first-order valence-electron chi connectivity index (χ1n) is 20.8. The second-order valence-electron chi connectivity index (χ2n) is 15.9. The molecule has 0 radical (unpaired) electrons. The second-order valence-corrected chi connectivity index (χ2v) is 16.9. The van der Waals surface area contributed by atoms with Gasteiger partial charge in [0.05, 0.1) is 22.2 Å². The first-order chi connectivity index (χ1) is 29.8. The summed E-state index contributed by atoms with van der Waals surface area (Å²) < 4.78 is 1.27. The smallest absolute Gasteiger partial charge is 0.0734 e. The third-order valence-electron chi connectivity index (χ3n) is 13.1. The maximum Gasteiger partial charge on any atom is 0.0734 e. The van der Waals surface area contributed by atoms with E-state index in [1.54, 1.807) is 11.3 Å². The number of nitrogens with zero attached hydrogens (tertiary/aromatic N) is 1. The summed E-state index contributed by atoms with van der Waals surface area (Å²) in [6.45, 7) is 0. The number of hydrogen-bond acceptors (Lipinski definition) is 2. The molecule has 0 saturated heterocycles. The van der Waals surface area contributed by atoms with Crippen LogP contribution in [-0.2, 0) is 10.8 Å². The van der Waals surface area contributed by atoms with Crippen LogP contribution in [0.2, 0.25) is 0 Å². The molecule has 0 atom stereocenters. The number of fused-ring (bicyclic) bond motifs is 7. The van der Waals surface area contributed by atoms with Crippen LogP contribution in [0.1, 0.15) is 44.5 Å². The van der Waals surface area contributed by atoms with Crippen LogP contribution < -0.4 is 4.90 Å². The summed E-state index contributed by atoms with van der Waals surface area (Å²) in [7, 11) is 0. The predicted octanol–water partition coefficient (Wildman–Crippen LogP) is 15.1. The van der Waals surface area contributed by atoms with Crippen LogP contribution in [0.3, 0.4) is 0 Å². The Labute approximate surface area is 355 Å². The fourth-order valence-corrected chi connectivity index (χ4v) is 11.6. The molecule has 1 aromatic heterocycles. The molecule has 9 aromatic carbocycles. The lowest BCUT2D eigenvalue weighted by atomic mass is 9.67. The summed E-state index contributed by atoms with van der Waals surface area (Å²) in [5.74, 6) is 0. The molecule has 2 aliphatic carbocycles. The molecule has 10 aromatic rings. The van der Waals surface area contributed by atoms with E-state index >= 15 is 0 Å². The Hall–Kier alpha value is -7.26. The normalized spacial score (nSPS) is 13.9. The molecule has 2 heteroatoms. The van der Waals surface area contributed by atoms with Crippen LogP contribution >= 0.6 is 11.3 Å². The Bertz CT molecular complexity index is 3120. The number of anilines is 3. The second kappa shape index (κ2) is 13.7. The lowest BCUT2D eigenvalue weighted by molar-refractivity contribution is 0.767. The molecule has 0 bridgehead atoms. The van der Waals surface area contributed by atoms with E-state index in [2.05, 4.69) is 241 Å². The van der Waals surface area contributed by atoms with Crippen molar-refractivity contribution in [1.29, 1.82) is 0 Å². The summed E-state index contributed by atoms with van der Waals surface area (Å²) in [6, 6.07) is 85.9. The summed E-state index contributed by atoms with van der Waals surface area (Å²) in [4.78, 5) is 2.56. The van der Waals surface area contributed by atoms with Crippen molar-refractivity contribution in [3.63, 3.8) is 0 Å². The zero-order valence-corrected chi connectivity index (χ0v) is 33.7. The topological polar surface area (TPSA) is 3.24 Å². The zero-order valence-electron chi connectivity index (χ0n) is 32.9. The van der Waals surface area contributed by atoms with Crippen molar-refractivity contribution in [2.45, 2.75) is 10.8 Å². The van der Waals surface area contributed by atoms with Crippen molar-refractivity contribution in [2.75, 3.05) is 4.90 Å². The molecule has 1 heterocycles. The van der Waals surface area contributed by atoms with Gasteiger partial charge in [-0.05, 0) is 103 Å². The minimum Gasteiger partial charge on any atom is -0.309 e. The highest BCUT2D eigenvalue weighted by molar-refractivity contribution is 7.17. The van der Waals surface area contributed by atoms with Crippen LogP contribution in [0.4, 0.5) is 17.1 Å². The highest BCUT2D eigenvalue weighted by Gasteiger charge is 2.49. The van der Waals surface area contributed by atoms with E-state index in [4.69, 9.17) is 0 Å². The minimum atomic E-state index is -0.578. The van der Waals surface area contributed by atoms with Crippen molar-refractivity contribution in [3.05, 3.63) is 280 Å². The minimum absolute atomic E-state index is 0.476. The Morgan fingerprint density at radius 3 is 1.42 bits per heavy atom. The molecule has 0 fully saturated rings. The zero-order chi connectivity index (χ0) is 39.7. The molecule has 0 spiro atoms. The van der Waals surface area contributed by atoms with Gasteiger partial charge in [0.2, 0.25) is 0 Å². The van der Waals surface area contributed by atoms with Gasteiger partial charge in [-0.25, -0.2) is 0 Å². The van der Waals surface area contributed by atoms with Crippen molar-refractivity contribution in [2.24, 2.45) is 0 Å². The highest BCUT2D eigenvalue weighted by atomic mass is 32.1. The van der Waals surface area contributed by atoms with Gasteiger partial charge in [-0.1, -0.05) is 194 Å². The molecular weight excluding hydrogens is 743 g/mol. The maximum atomic E-state index is 2.56. The Morgan fingerprint density at radius 1 is 0.333 bits per heavy atom. The van der Waals surface area contributed by atoms with Gasteiger partial charge >= 0.3 is 0 Å². The predicted molar refractivity (Wildman–Crippen MR) is 251 cm³/mol. The quantitative estimate of drug-likeness (QED) is 0.156. The molecule has 0 amide bonds. The largest absolute Gasteiger partial charge is 0.309 e. The van der Waals surface area contributed by atoms with Crippen LogP contribution in [0.15, 0.2) is 236 Å². The number of benzene rings is 9. The molecule has 0 saturated carbocycles. The van der Waals surface area contributed by atoms with Gasteiger partial charge in [0.1, 0.15) is 0 Å². The van der Waals surface area contributed by atoms with Crippen molar-refractivity contribution in [3.8, 4) is 22.3 Å². The average Bonchev–Trinajstić information content (AvgIpc) is 4.02. The average molecular weight is 782 g/mol. The van der Waals surface area contributed by atoms with Crippen LogP contribution in [-0.4, -0.2) is 0 Å². The lowest BCUT2D eigenvalue weighted by Gasteiger charge is -2.38. The van der Waals surface area contributed by atoms with E-state index in [1.165, 1.54) is 82.5 Å². The van der Waals surface area contributed by atoms with Crippen molar-refractivity contribution in [1.82, 2.24) is 0 Å². The molecule has 0 N–H and O–H groups in total. The summed E-state index contributed by atoms with van der Waals surface area (Å²) >= 11 is 1.80. The summed E-state index contributed by atoms with van der Waals surface area (Å²) in [5, 5.41) is 3.47. The molecule has 2 aliphatic rings. The lowest BCUT2D eigenvalue weighted by Crippen LogP contribution is -2.30. The van der Waals surface area contributed by atoms with Crippen molar-refractivity contribution >= 4 is 38.5 Å². The number of thiophene rings is 1. The van der Waals surface area contributed by atoms with E-state index in [0.717, 1.165) is 11.4 Å².